The van der Waals surface area contributed by atoms with Gasteiger partial charge >= 0.3 is 0 Å². The summed E-state index contributed by atoms with van der Waals surface area (Å²) in [5.41, 5.74) is 4.74. The Hall–Kier alpha value is -3.10. The third kappa shape index (κ3) is 5.99. The van der Waals surface area contributed by atoms with Crippen molar-refractivity contribution in [2.45, 2.75) is 23.1 Å². The number of anilines is 1. The van der Waals surface area contributed by atoms with Gasteiger partial charge in [-0.3, -0.25) is 9.10 Å². The third-order valence-corrected chi connectivity index (χ3v) is 7.30. The van der Waals surface area contributed by atoms with Crippen molar-refractivity contribution in [1.29, 1.82) is 0 Å². The number of carbonyl (C=O) groups is 1. The highest BCUT2D eigenvalue weighted by molar-refractivity contribution is 7.98. The maximum Gasteiger partial charge on any atom is 0.264 e. The molecule has 0 spiro atoms. The van der Waals surface area contributed by atoms with Crippen LogP contribution in [0.3, 0.4) is 0 Å². The highest BCUT2D eigenvalue weighted by Crippen LogP contribution is 2.24. The molecule has 0 unspecified atom stereocenters. The van der Waals surface area contributed by atoms with Crippen molar-refractivity contribution in [3.63, 3.8) is 0 Å². The molecule has 3 aromatic rings. The van der Waals surface area contributed by atoms with Crippen LogP contribution in [0.15, 0.2) is 93.8 Å². The smallest absolute Gasteiger partial charge is 0.264 e. The Morgan fingerprint density at radius 1 is 1.00 bits per heavy atom. The van der Waals surface area contributed by atoms with E-state index in [-0.39, 0.29) is 4.90 Å². The van der Waals surface area contributed by atoms with Crippen LogP contribution >= 0.6 is 11.8 Å². The summed E-state index contributed by atoms with van der Waals surface area (Å²) in [4.78, 5) is 13.8. The molecule has 3 rings (SSSR count). The Labute approximate surface area is 193 Å². The maximum absolute atomic E-state index is 13.3. The van der Waals surface area contributed by atoms with Gasteiger partial charge in [-0.1, -0.05) is 49.4 Å². The molecule has 0 fully saturated rings. The number of aryl methyl sites for hydroxylation is 1. The number of nitrogens with one attached hydrogen (secondary N) is 1. The van der Waals surface area contributed by atoms with E-state index in [4.69, 9.17) is 0 Å². The summed E-state index contributed by atoms with van der Waals surface area (Å²) in [5.74, 6) is -0.541. The Morgan fingerprint density at radius 3 is 2.25 bits per heavy atom. The van der Waals surface area contributed by atoms with Crippen molar-refractivity contribution < 1.29 is 13.2 Å². The highest BCUT2D eigenvalue weighted by Gasteiger charge is 2.27. The van der Waals surface area contributed by atoms with Crippen molar-refractivity contribution >= 4 is 39.6 Å². The van der Waals surface area contributed by atoms with E-state index < -0.39 is 22.5 Å². The van der Waals surface area contributed by atoms with Crippen LogP contribution < -0.4 is 9.73 Å². The van der Waals surface area contributed by atoms with Gasteiger partial charge in [0, 0.05) is 4.90 Å². The lowest BCUT2D eigenvalue weighted by Gasteiger charge is -2.24. The normalized spacial score (nSPS) is 11.4. The van der Waals surface area contributed by atoms with Crippen molar-refractivity contribution in [2.75, 3.05) is 17.1 Å². The van der Waals surface area contributed by atoms with Crippen LogP contribution in [0.1, 0.15) is 18.1 Å². The van der Waals surface area contributed by atoms with E-state index in [0.29, 0.717) is 5.69 Å². The van der Waals surface area contributed by atoms with Gasteiger partial charge in [0.25, 0.3) is 15.9 Å². The fourth-order valence-electron chi connectivity index (χ4n) is 2.97. The Kier molecular flexibility index (Phi) is 8.08. The molecule has 166 valence electrons. The summed E-state index contributed by atoms with van der Waals surface area (Å²) < 4.78 is 27.7. The quantitative estimate of drug-likeness (QED) is 0.289. The summed E-state index contributed by atoms with van der Waals surface area (Å²) in [6.45, 7) is 1.62. The monoisotopic (exact) mass is 467 g/mol. The van der Waals surface area contributed by atoms with Gasteiger partial charge in [-0.15, -0.1) is 11.8 Å². The zero-order valence-corrected chi connectivity index (χ0v) is 19.6. The number of amides is 1. The van der Waals surface area contributed by atoms with Crippen molar-refractivity contribution in [3.05, 3.63) is 90.0 Å². The number of hydrogen-bond acceptors (Lipinski definition) is 5. The minimum absolute atomic E-state index is 0.116. The summed E-state index contributed by atoms with van der Waals surface area (Å²) in [6.07, 6.45) is 4.35. The number of sulfonamides is 1. The number of benzene rings is 3. The van der Waals surface area contributed by atoms with Gasteiger partial charge in [0.1, 0.15) is 6.54 Å². The lowest BCUT2D eigenvalue weighted by atomic mass is 10.1. The third-order valence-electron chi connectivity index (χ3n) is 4.77. The molecule has 0 atom stereocenters. The predicted octanol–water partition coefficient (Wildman–Crippen LogP) is 4.32. The number of hydrazone groups is 1. The van der Waals surface area contributed by atoms with Gasteiger partial charge in [-0.2, -0.15) is 5.10 Å². The zero-order valence-electron chi connectivity index (χ0n) is 17.9. The fraction of sp³-hybridized carbons (Fsp3) is 0.167. The van der Waals surface area contributed by atoms with Gasteiger partial charge in [-0.25, -0.2) is 13.8 Å². The first-order valence-corrected chi connectivity index (χ1v) is 12.7. The molecule has 0 aliphatic carbocycles. The number of hydrogen-bond donors (Lipinski definition) is 1. The van der Waals surface area contributed by atoms with Crippen LogP contribution in [0.4, 0.5) is 5.69 Å². The second-order valence-corrected chi connectivity index (χ2v) is 9.65. The van der Waals surface area contributed by atoms with Crippen molar-refractivity contribution in [1.82, 2.24) is 5.43 Å². The average molecular weight is 468 g/mol. The second-order valence-electron chi connectivity index (χ2n) is 6.91. The highest BCUT2D eigenvalue weighted by atomic mass is 32.2. The van der Waals surface area contributed by atoms with Crippen LogP contribution in [-0.4, -0.2) is 33.3 Å². The Morgan fingerprint density at radius 2 is 1.66 bits per heavy atom. The van der Waals surface area contributed by atoms with Crippen LogP contribution in [-0.2, 0) is 21.2 Å². The number of rotatable bonds is 9. The van der Waals surface area contributed by atoms with Crippen LogP contribution in [0.25, 0.3) is 0 Å². The minimum Gasteiger partial charge on any atom is -0.271 e. The fourth-order valence-corrected chi connectivity index (χ4v) is 4.82. The summed E-state index contributed by atoms with van der Waals surface area (Å²) in [6, 6.07) is 22.9. The van der Waals surface area contributed by atoms with Crippen LogP contribution in [0.2, 0.25) is 0 Å². The van der Waals surface area contributed by atoms with Gasteiger partial charge in [0.05, 0.1) is 16.8 Å². The number of carbonyl (C=O) groups excluding carboxylic acids is 1. The zero-order chi connectivity index (χ0) is 23.0. The van der Waals surface area contributed by atoms with Gasteiger partial charge in [0.15, 0.2) is 0 Å². The van der Waals surface area contributed by atoms with E-state index >= 15 is 0 Å². The molecule has 0 bridgehead atoms. The lowest BCUT2D eigenvalue weighted by Crippen LogP contribution is -2.39. The van der Waals surface area contributed by atoms with E-state index in [1.807, 2.05) is 49.6 Å². The first kappa shape index (κ1) is 23.6. The SMILES string of the molecule is CCc1ccc(N(CC(=O)N/N=C\c2ccc(SC)cc2)S(=O)(=O)c2ccccc2)cc1. The number of thioether (sulfide) groups is 1. The number of nitrogens with zero attached hydrogens (tertiary/aromatic N) is 2. The molecule has 0 radical (unpaired) electrons. The molecule has 0 aromatic heterocycles. The topological polar surface area (TPSA) is 78.8 Å². The standard InChI is InChI=1S/C24H25N3O3S2/c1-3-19-9-13-21(14-10-19)27(32(29,30)23-7-5-4-6-8-23)18-24(28)26-25-17-20-11-15-22(31-2)16-12-20/h4-17H,3,18H2,1-2H3,(H,26,28)/b25-17-. The van der Waals surface area contributed by atoms with E-state index in [1.54, 1.807) is 42.1 Å². The molecule has 0 saturated carbocycles. The average Bonchev–Trinajstić information content (AvgIpc) is 2.83. The molecule has 0 aliphatic heterocycles. The van der Waals surface area contributed by atoms with Crippen LogP contribution in [0.5, 0.6) is 0 Å². The first-order chi connectivity index (χ1) is 15.4. The maximum atomic E-state index is 13.3. The second kappa shape index (κ2) is 11.0. The molecule has 0 heterocycles. The molecule has 3 aromatic carbocycles. The van der Waals surface area contributed by atoms with Crippen LogP contribution in [0, 0.1) is 0 Å². The molecule has 0 aliphatic rings. The minimum atomic E-state index is -3.94. The molecular formula is C24H25N3O3S2. The first-order valence-electron chi connectivity index (χ1n) is 10.1. The molecular weight excluding hydrogens is 442 g/mol. The van der Waals surface area contributed by atoms with E-state index in [1.165, 1.54) is 18.3 Å². The summed E-state index contributed by atoms with van der Waals surface area (Å²) in [5, 5.41) is 3.97. The molecule has 32 heavy (non-hydrogen) atoms. The van der Waals surface area contributed by atoms with Gasteiger partial charge < -0.3 is 0 Å². The van der Waals surface area contributed by atoms with Gasteiger partial charge in [0.2, 0.25) is 0 Å². The van der Waals surface area contributed by atoms with Crippen molar-refractivity contribution in [3.8, 4) is 0 Å². The summed E-state index contributed by atoms with van der Waals surface area (Å²) >= 11 is 1.64. The molecule has 1 amide bonds. The largest absolute Gasteiger partial charge is 0.271 e. The molecule has 6 nitrogen and oxygen atoms in total. The van der Waals surface area contributed by atoms with E-state index in [2.05, 4.69) is 10.5 Å². The summed E-state index contributed by atoms with van der Waals surface area (Å²) in [7, 11) is -3.94. The molecule has 0 saturated heterocycles. The lowest BCUT2D eigenvalue weighted by molar-refractivity contribution is -0.119. The van der Waals surface area contributed by atoms with Gasteiger partial charge in [-0.05, 0) is 60.2 Å². The Balaban J connectivity index is 1.79. The molecule has 8 heteroatoms. The van der Waals surface area contributed by atoms with E-state index in [9.17, 15) is 13.2 Å². The van der Waals surface area contributed by atoms with Crippen molar-refractivity contribution in [2.24, 2.45) is 5.10 Å². The Bertz CT molecular complexity index is 1160. The molecule has 1 N–H and O–H groups in total. The van der Waals surface area contributed by atoms with E-state index in [0.717, 1.165) is 26.7 Å². The predicted molar refractivity (Wildman–Crippen MR) is 131 cm³/mol.